The molecule has 0 unspecified atom stereocenters. The van der Waals surface area contributed by atoms with Crippen molar-refractivity contribution in [2.24, 2.45) is 0 Å². The molecular formula is C69H54N2. The van der Waals surface area contributed by atoms with Crippen LogP contribution in [0.3, 0.4) is 0 Å². The number of hydrogen-bond acceptors (Lipinski definition) is 2. The average Bonchev–Trinajstić information content (AvgIpc) is 3.87. The Hall–Kier alpha value is -8.20. The molecule has 2 heteroatoms. The molecular weight excluding hydrogens is 857 g/mol. The normalized spacial score (nSPS) is 14.8. The van der Waals surface area contributed by atoms with Crippen LogP contribution in [0.1, 0.15) is 83.7 Å². The van der Waals surface area contributed by atoms with E-state index in [9.17, 15) is 0 Å². The third kappa shape index (κ3) is 5.95. The summed E-state index contributed by atoms with van der Waals surface area (Å²) >= 11 is 0. The first-order chi connectivity index (χ1) is 34.7. The summed E-state index contributed by atoms with van der Waals surface area (Å²) in [5.41, 5.74) is 27.1. The molecule has 0 atom stereocenters. The molecule has 14 rings (SSSR count). The van der Waals surface area contributed by atoms with E-state index < -0.39 is 5.41 Å². The summed E-state index contributed by atoms with van der Waals surface area (Å²) in [6.07, 6.45) is 4.40. The Labute approximate surface area is 417 Å². The predicted molar refractivity (Wildman–Crippen MR) is 300 cm³/mol. The minimum Gasteiger partial charge on any atom is -0.310 e. The zero-order valence-electron chi connectivity index (χ0n) is 41.0. The van der Waals surface area contributed by atoms with E-state index in [1.54, 1.807) is 0 Å². The minimum atomic E-state index is -0.422. The minimum absolute atomic E-state index is 0.0458. The molecule has 0 saturated carbocycles. The number of nitrogens with zero attached hydrogens (tertiary/aromatic N) is 2. The highest BCUT2D eigenvalue weighted by Gasteiger charge is 2.53. The van der Waals surface area contributed by atoms with E-state index in [4.69, 9.17) is 0 Å². The smallest absolute Gasteiger partial charge is 0.0725 e. The first kappa shape index (κ1) is 41.7. The summed E-state index contributed by atoms with van der Waals surface area (Å²) in [5, 5.41) is 5.10. The SMILES string of the molecule is Cc1cccc(N(c2ccc(C3=CC4=C(CC3)c3c5c(cc6cccc(c36)N4c3ccc(C(C)(C)C)cc3)C3(c4ccccc4-c4ccccc43)c3ccccc3-5)cc2)c2cccc3ccccc23)c1C. The van der Waals surface area contributed by atoms with Gasteiger partial charge in [-0.05, 0) is 181 Å². The maximum absolute atomic E-state index is 2.58. The summed E-state index contributed by atoms with van der Waals surface area (Å²) in [7, 11) is 0. The van der Waals surface area contributed by atoms with Gasteiger partial charge in [-0.25, -0.2) is 0 Å². The van der Waals surface area contributed by atoms with Crippen molar-refractivity contribution in [2.45, 2.75) is 58.3 Å². The van der Waals surface area contributed by atoms with Gasteiger partial charge in [0.1, 0.15) is 0 Å². The van der Waals surface area contributed by atoms with E-state index in [1.807, 2.05) is 0 Å². The van der Waals surface area contributed by atoms with Crippen LogP contribution in [0.2, 0.25) is 0 Å². The van der Waals surface area contributed by atoms with Crippen LogP contribution in [0.15, 0.2) is 218 Å². The molecule has 10 aromatic carbocycles. The van der Waals surface area contributed by atoms with Crippen LogP contribution < -0.4 is 9.80 Å². The van der Waals surface area contributed by atoms with Crippen LogP contribution >= 0.6 is 0 Å². The first-order valence-electron chi connectivity index (χ1n) is 25.4. The predicted octanol–water partition coefficient (Wildman–Crippen LogP) is 18.5. The number of rotatable bonds is 5. The number of anilines is 5. The zero-order valence-corrected chi connectivity index (χ0v) is 41.0. The topological polar surface area (TPSA) is 6.48 Å². The van der Waals surface area contributed by atoms with Crippen LogP contribution in [0.25, 0.3) is 54.9 Å². The molecule has 1 heterocycles. The summed E-state index contributed by atoms with van der Waals surface area (Å²) in [6, 6.07) is 78.1. The van der Waals surface area contributed by atoms with Crippen molar-refractivity contribution in [1.29, 1.82) is 0 Å². The molecule has 0 aromatic heterocycles. The van der Waals surface area contributed by atoms with Gasteiger partial charge in [0.05, 0.1) is 22.5 Å². The molecule has 0 amide bonds. The van der Waals surface area contributed by atoms with Gasteiger partial charge >= 0.3 is 0 Å². The van der Waals surface area contributed by atoms with Crippen molar-refractivity contribution in [1.82, 2.24) is 0 Å². The van der Waals surface area contributed by atoms with Crippen molar-refractivity contribution < 1.29 is 0 Å². The molecule has 1 aliphatic heterocycles. The summed E-state index contributed by atoms with van der Waals surface area (Å²) in [4.78, 5) is 5.04. The molecule has 340 valence electrons. The van der Waals surface area contributed by atoms with Crippen molar-refractivity contribution in [2.75, 3.05) is 9.80 Å². The third-order valence-corrected chi connectivity index (χ3v) is 16.5. The Morgan fingerprint density at radius 3 is 1.85 bits per heavy atom. The lowest BCUT2D eigenvalue weighted by Crippen LogP contribution is -2.26. The molecule has 0 radical (unpaired) electrons. The van der Waals surface area contributed by atoms with Gasteiger partial charge in [0.15, 0.2) is 0 Å². The van der Waals surface area contributed by atoms with E-state index in [-0.39, 0.29) is 5.41 Å². The van der Waals surface area contributed by atoms with Crippen molar-refractivity contribution >= 4 is 61.1 Å². The number of hydrogen-bond donors (Lipinski definition) is 0. The van der Waals surface area contributed by atoms with Crippen LogP contribution in [0, 0.1) is 13.8 Å². The molecule has 3 aliphatic carbocycles. The number of aryl methyl sites for hydroxylation is 1. The maximum atomic E-state index is 2.58. The van der Waals surface area contributed by atoms with E-state index in [2.05, 4.69) is 257 Å². The maximum Gasteiger partial charge on any atom is 0.0725 e. The number of fused-ring (bicyclic) bond motifs is 13. The van der Waals surface area contributed by atoms with Gasteiger partial charge in [-0.2, -0.15) is 0 Å². The fourth-order valence-electron chi connectivity index (χ4n) is 13.0. The third-order valence-electron chi connectivity index (χ3n) is 16.5. The molecule has 0 bridgehead atoms. The van der Waals surface area contributed by atoms with E-state index >= 15 is 0 Å². The van der Waals surface area contributed by atoms with Crippen LogP contribution in [0.5, 0.6) is 0 Å². The highest BCUT2D eigenvalue weighted by atomic mass is 15.2. The van der Waals surface area contributed by atoms with Crippen molar-refractivity contribution in [3.05, 3.63) is 268 Å². The highest BCUT2D eigenvalue weighted by Crippen LogP contribution is 2.66. The Morgan fingerprint density at radius 1 is 0.507 bits per heavy atom. The van der Waals surface area contributed by atoms with Gasteiger partial charge in [0, 0.05) is 27.8 Å². The highest BCUT2D eigenvalue weighted by molar-refractivity contribution is 6.16. The molecule has 71 heavy (non-hydrogen) atoms. The first-order valence-corrected chi connectivity index (χ1v) is 25.4. The molecule has 10 aromatic rings. The second-order valence-electron chi connectivity index (χ2n) is 21.2. The van der Waals surface area contributed by atoms with Gasteiger partial charge < -0.3 is 9.80 Å². The van der Waals surface area contributed by atoms with Crippen molar-refractivity contribution in [3.8, 4) is 22.3 Å². The summed E-state index contributed by atoms with van der Waals surface area (Å²) in [5.74, 6) is 0. The standard InChI is InChI=1S/C69H54N2/c1-43-17-14-28-61(44(43)2)70(62-29-15-19-46-18-6-7-21-52(46)62)50-36-31-45(32-37-50)47-33-40-56-64(42-47)71(51-38-34-49(35-39-51)68(3,4)5)63-30-16-20-48-41-60-66(67(56)65(48)63)55-24-10-13-27-59(55)69(60)57-25-11-8-22-53(57)54-23-9-12-26-58(54)69/h6-32,34-39,41-42H,33,40H2,1-5H3. The molecule has 0 saturated heterocycles. The van der Waals surface area contributed by atoms with Gasteiger partial charge in [-0.1, -0.05) is 178 Å². The van der Waals surface area contributed by atoms with E-state index in [0.717, 1.165) is 18.5 Å². The molecule has 1 spiro atoms. The lowest BCUT2D eigenvalue weighted by atomic mass is 9.69. The Kier molecular flexibility index (Phi) is 9.05. The zero-order chi connectivity index (χ0) is 47.8. The second kappa shape index (κ2) is 15.4. The Bertz CT molecular complexity index is 3880. The van der Waals surface area contributed by atoms with Gasteiger partial charge in [-0.15, -0.1) is 0 Å². The largest absolute Gasteiger partial charge is 0.310 e. The fraction of sp³-hybridized carbons (Fsp3) is 0.130. The lowest BCUT2D eigenvalue weighted by molar-refractivity contribution is 0.590. The van der Waals surface area contributed by atoms with E-state index in [1.165, 1.54) is 133 Å². The van der Waals surface area contributed by atoms with Crippen LogP contribution in [0.4, 0.5) is 28.4 Å². The molecule has 2 nitrogen and oxygen atoms in total. The number of allylic oxidation sites excluding steroid dienone is 3. The quantitative estimate of drug-likeness (QED) is 0.170. The van der Waals surface area contributed by atoms with Gasteiger partial charge in [-0.3, -0.25) is 0 Å². The number of benzene rings is 10. The summed E-state index contributed by atoms with van der Waals surface area (Å²) in [6.45, 7) is 11.4. The van der Waals surface area contributed by atoms with Gasteiger partial charge in [0.2, 0.25) is 0 Å². The fourth-order valence-corrected chi connectivity index (χ4v) is 13.0. The summed E-state index contributed by atoms with van der Waals surface area (Å²) < 4.78 is 0. The lowest BCUT2D eigenvalue weighted by Gasteiger charge is -2.38. The van der Waals surface area contributed by atoms with Crippen LogP contribution in [-0.2, 0) is 10.8 Å². The Morgan fingerprint density at radius 2 is 1.11 bits per heavy atom. The average molecular weight is 911 g/mol. The molecule has 0 fully saturated rings. The molecule has 4 aliphatic rings. The van der Waals surface area contributed by atoms with E-state index in [0.29, 0.717) is 0 Å². The Balaban J connectivity index is 0.987. The van der Waals surface area contributed by atoms with Gasteiger partial charge in [0.25, 0.3) is 0 Å². The monoisotopic (exact) mass is 910 g/mol. The molecule has 0 N–H and O–H groups in total. The van der Waals surface area contributed by atoms with Crippen molar-refractivity contribution in [3.63, 3.8) is 0 Å². The second-order valence-corrected chi connectivity index (χ2v) is 21.2. The van der Waals surface area contributed by atoms with Crippen LogP contribution in [-0.4, -0.2) is 0 Å².